The molecule has 2 fully saturated rings. The molecule has 2 aliphatic heterocycles. The van der Waals surface area contributed by atoms with Gasteiger partial charge in [0.1, 0.15) is 0 Å². The first-order valence-corrected chi connectivity index (χ1v) is 10.3. The fraction of sp³-hybridized carbons (Fsp3) is 0.714. The largest absolute Gasteiger partial charge is 0.343 e. The van der Waals surface area contributed by atoms with Crippen molar-refractivity contribution in [3.05, 3.63) is 30.1 Å². The lowest BCUT2D eigenvalue weighted by molar-refractivity contribution is -0.137. The number of amides is 1. The van der Waals surface area contributed by atoms with Crippen LogP contribution in [-0.2, 0) is 11.3 Å². The smallest absolute Gasteiger partial charge is 0.226 e. The predicted molar refractivity (Wildman–Crippen MR) is 105 cm³/mol. The zero-order valence-electron chi connectivity index (χ0n) is 16.4. The van der Waals surface area contributed by atoms with Crippen molar-refractivity contribution in [2.24, 2.45) is 5.92 Å². The highest BCUT2D eigenvalue weighted by Gasteiger charge is 2.32. The first-order chi connectivity index (χ1) is 12.7. The molecule has 0 saturated carbocycles. The molecule has 1 aromatic heterocycles. The number of pyridine rings is 1. The lowest BCUT2D eigenvalue weighted by Crippen LogP contribution is -2.51. The van der Waals surface area contributed by atoms with Crippen LogP contribution in [0.1, 0.15) is 45.1 Å². The Morgan fingerprint density at radius 1 is 1.19 bits per heavy atom. The Kier molecular flexibility index (Phi) is 7.03. The summed E-state index contributed by atoms with van der Waals surface area (Å²) >= 11 is 0. The lowest BCUT2D eigenvalue weighted by atomic mass is 9.92. The Bertz CT molecular complexity index is 552. The van der Waals surface area contributed by atoms with Crippen molar-refractivity contribution in [2.45, 2.75) is 52.1 Å². The van der Waals surface area contributed by atoms with Gasteiger partial charge in [0.2, 0.25) is 5.91 Å². The molecule has 5 nitrogen and oxygen atoms in total. The van der Waals surface area contributed by atoms with E-state index >= 15 is 0 Å². The molecule has 0 bridgehead atoms. The van der Waals surface area contributed by atoms with Crippen LogP contribution in [-0.4, -0.2) is 70.9 Å². The van der Waals surface area contributed by atoms with Gasteiger partial charge in [0.05, 0.1) is 5.92 Å². The molecule has 2 aliphatic rings. The lowest BCUT2D eigenvalue weighted by Gasteiger charge is -2.42. The minimum Gasteiger partial charge on any atom is -0.343 e. The zero-order chi connectivity index (χ0) is 18.4. The molecule has 3 rings (SSSR count). The van der Waals surface area contributed by atoms with Crippen LogP contribution in [0.2, 0.25) is 0 Å². The molecule has 5 heteroatoms. The number of carbonyl (C=O) groups is 1. The van der Waals surface area contributed by atoms with E-state index in [1.165, 1.54) is 18.4 Å². The van der Waals surface area contributed by atoms with Crippen LogP contribution in [0.4, 0.5) is 0 Å². The van der Waals surface area contributed by atoms with E-state index in [9.17, 15) is 4.79 Å². The van der Waals surface area contributed by atoms with Crippen molar-refractivity contribution >= 4 is 5.91 Å². The van der Waals surface area contributed by atoms with Gasteiger partial charge in [-0.05, 0) is 70.8 Å². The highest BCUT2D eigenvalue weighted by atomic mass is 16.2. The molecule has 1 amide bonds. The Balaban J connectivity index is 1.48. The first-order valence-electron chi connectivity index (χ1n) is 10.3. The molecular formula is C21H34N4O. The Morgan fingerprint density at radius 2 is 1.96 bits per heavy atom. The van der Waals surface area contributed by atoms with E-state index in [4.69, 9.17) is 0 Å². The maximum Gasteiger partial charge on any atom is 0.226 e. The van der Waals surface area contributed by atoms with Gasteiger partial charge in [-0.25, -0.2) is 0 Å². The van der Waals surface area contributed by atoms with E-state index in [-0.39, 0.29) is 5.92 Å². The summed E-state index contributed by atoms with van der Waals surface area (Å²) in [5, 5.41) is 0. The van der Waals surface area contributed by atoms with Gasteiger partial charge in [-0.2, -0.15) is 0 Å². The number of likely N-dealkylation sites (tertiary alicyclic amines) is 2. The molecule has 26 heavy (non-hydrogen) atoms. The molecule has 0 radical (unpaired) electrons. The van der Waals surface area contributed by atoms with Gasteiger partial charge < -0.3 is 4.90 Å². The molecule has 1 aromatic rings. The average molecular weight is 359 g/mol. The quantitative estimate of drug-likeness (QED) is 0.784. The summed E-state index contributed by atoms with van der Waals surface area (Å²) < 4.78 is 0. The molecule has 3 heterocycles. The van der Waals surface area contributed by atoms with E-state index < -0.39 is 0 Å². The summed E-state index contributed by atoms with van der Waals surface area (Å²) in [6.07, 6.45) is 8.46. The van der Waals surface area contributed by atoms with Crippen molar-refractivity contribution in [1.82, 2.24) is 19.7 Å². The number of hydrogen-bond donors (Lipinski definition) is 0. The minimum absolute atomic E-state index is 0.206. The van der Waals surface area contributed by atoms with Gasteiger partial charge in [0, 0.05) is 44.6 Å². The van der Waals surface area contributed by atoms with Gasteiger partial charge in [0.15, 0.2) is 0 Å². The van der Waals surface area contributed by atoms with E-state index in [0.29, 0.717) is 11.9 Å². The monoisotopic (exact) mass is 358 g/mol. The molecule has 1 atom stereocenters. The second-order valence-electron chi connectivity index (χ2n) is 7.71. The molecule has 0 N–H and O–H groups in total. The molecule has 0 spiro atoms. The predicted octanol–water partition coefficient (Wildman–Crippen LogP) is 2.63. The Labute approximate surface area is 158 Å². The topological polar surface area (TPSA) is 39.7 Å². The fourth-order valence-electron chi connectivity index (χ4n) is 4.53. The maximum atomic E-state index is 12.7. The second-order valence-corrected chi connectivity index (χ2v) is 7.71. The van der Waals surface area contributed by atoms with Crippen LogP contribution in [0.15, 0.2) is 24.5 Å². The van der Waals surface area contributed by atoms with Crippen LogP contribution in [0.3, 0.4) is 0 Å². The number of carbonyl (C=O) groups excluding carboxylic acids is 1. The minimum atomic E-state index is 0.206. The fourth-order valence-corrected chi connectivity index (χ4v) is 4.53. The molecule has 0 aromatic carbocycles. The third-order valence-corrected chi connectivity index (χ3v) is 6.08. The highest BCUT2D eigenvalue weighted by Crippen LogP contribution is 2.25. The first kappa shape index (κ1) is 19.3. The van der Waals surface area contributed by atoms with E-state index in [0.717, 1.165) is 58.7 Å². The van der Waals surface area contributed by atoms with E-state index in [1.54, 1.807) is 0 Å². The summed E-state index contributed by atoms with van der Waals surface area (Å²) in [4.78, 5) is 24.1. The molecular weight excluding hydrogens is 324 g/mol. The van der Waals surface area contributed by atoms with Gasteiger partial charge in [-0.3, -0.25) is 19.6 Å². The highest BCUT2D eigenvalue weighted by molar-refractivity contribution is 5.79. The summed E-state index contributed by atoms with van der Waals surface area (Å²) in [5.41, 5.74) is 1.30. The van der Waals surface area contributed by atoms with Crippen LogP contribution in [0.5, 0.6) is 0 Å². The SMILES string of the molecule is CCN(CC)C(=O)[C@@H]1CCCN(C2CCN(Cc3cccnc3)CC2)C1. The van der Waals surface area contributed by atoms with E-state index in [1.807, 2.05) is 23.4 Å². The average Bonchev–Trinajstić information content (AvgIpc) is 2.70. The number of aromatic nitrogens is 1. The zero-order valence-corrected chi connectivity index (χ0v) is 16.4. The summed E-state index contributed by atoms with van der Waals surface area (Å²) in [7, 11) is 0. The molecule has 144 valence electrons. The van der Waals surface area contributed by atoms with Crippen molar-refractivity contribution in [2.75, 3.05) is 39.3 Å². The van der Waals surface area contributed by atoms with Gasteiger partial charge in [0.25, 0.3) is 0 Å². The number of rotatable bonds is 6. The number of nitrogens with zero attached hydrogens (tertiary/aromatic N) is 4. The number of hydrogen-bond acceptors (Lipinski definition) is 4. The summed E-state index contributed by atoms with van der Waals surface area (Å²) in [6.45, 7) is 11.2. The summed E-state index contributed by atoms with van der Waals surface area (Å²) in [6, 6.07) is 4.82. The molecule has 0 aliphatic carbocycles. The van der Waals surface area contributed by atoms with Crippen molar-refractivity contribution in [1.29, 1.82) is 0 Å². The van der Waals surface area contributed by atoms with Crippen LogP contribution >= 0.6 is 0 Å². The Morgan fingerprint density at radius 3 is 2.62 bits per heavy atom. The summed E-state index contributed by atoms with van der Waals surface area (Å²) in [5.74, 6) is 0.575. The van der Waals surface area contributed by atoms with Crippen molar-refractivity contribution in [3.63, 3.8) is 0 Å². The van der Waals surface area contributed by atoms with Crippen LogP contribution in [0.25, 0.3) is 0 Å². The molecule has 2 saturated heterocycles. The van der Waals surface area contributed by atoms with Gasteiger partial charge in [-0.1, -0.05) is 6.07 Å². The normalized spacial score (nSPS) is 23.1. The Hall–Kier alpha value is -1.46. The van der Waals surface area contributed by atoms with E-state index in [2.05, 4.69) is 34.7 Å². The van der Waals surface area contributed by atoms with Crippen LogP contribution < -0.4 is 0 Å². The third-order valence-electron chi connectivity index (χ3n) is 6.08. The van der Waals surface area contributed by atoms with Crippen LogP contribution in [0, 0.1) is 5.92 Å². The van der Waals surface area contributed by atoms with Gasteiger partial charge in [-0.15, -0.1) is 0 Å². The van der Waals surface area contributed by atoms with Crippen molar-refractivity contribution in [3.8, 4) is 0 Å². The maximum absolute atomic E-state index is 12.7. The van der Waals surface area contributed by atoms with Gasteiger partial charge >= 0.3 is 0 Å². The third kappa shape index (κ3) is 4.83. The molecule has 0 unspecified atom stereocenters. The standard InChI is InChI=1S/C21H34N4O/c1-3-24(4-2)21(26)19-8-6-12-25(17-19)20-9-13-23(14-10-20)16-18-7-5-11-22-15-18/h5,7,11,15,19-20H,3-4,6,8-10,12-14,16-17H2,1-2H3/t19-/m1/s1. The van der Waals surface area contributed by atoms with Crippen molar-refractivity contribution < 1.29 is 4.79 Å². The second kappa shape index (κ2) is 9.47. The number of piperidine rings is 2.